The van der Waals surface area contributed by atoms with E-state index in [9.17, 15) is 4.79 Å². The molecule has 1 aliphatic heterocycles. The number of furan rings is 1. The highest BCUT2D eigenvalue weighted by Gasteiger charge is 2.22. The SMILES string of the molecule is C[C@@H]1C[C@@H](C)CN(Cc2ccccc2CNC(=O)CCc2ccco2)C1. The average molecular weight is 354 g/mol. The molecule has 0 unspecified atom stereocenters. The number of nitrogens with one attached hydrogen (secondary N) is 1. The number of hydrogen-bond donors (Lipinski definition) is 1. The summed E-state index contributed by atoms with van der Waals surface area (Å²) in [5, 5.41) is 3.06. The van der Waals surface area contributed by atoms with Gasteiger partial charge < -0.3 is 9.73 Å². The Labute approximate surface area is 156 Å². The first-order valence-electron chi connectivity index (χ1n) is 9.68. The van der Waals surface area contributed by atoms with Crippen LogP contribution in [0.25, 0.3) is 0 Å². The summed E-state index contributed by atoms with van der Waals surface area (Å²) in [6.45, 7) is 8.56. The van der Waals surface area contributed by atoms with Crippen LogP contribution in [0.2, 0.25) is 0 Å². The lowest BCUT2D eigenvalue weighted by atomic mass is 9.91. The van der Waals surface area contributed by atoms with Crippen LogP contribution in [-0.4, -0.2) is 23.9 Å². The minimum atomic E-state index is 0.0661. The molecule has 1 fully saturated rings. The monoisotopic (exact) mass is 354 g/mol. The summed E-state index contributed by atoms with van der Waals surface area (Å²) in [6, 6.07) is 12.2. The number of aryl methyl sites for hydroxylation is 1. The molecule has 4 heteroatoms. The lowest BCUT2D eigenvalue weighted by Gasteiger charge is -2.35. The lowest BCUT2D eigenvalue weighted by Crippen LogP contribution is -2.38. The molecule has 1 N–H and O–H groups in total. The van der Waals surface area contributed by atoms with E-state index in [2.05, 4.69) is 48.3 Å². The molecule has 0 spiro atoms. The Morgan fingerprint density at radius 2 is 1.85 bits per heavy atom. The molecule has 1 amide bonds. The molecule has 1 aliphatic rings. The molecule has 26 heavy (non-hydrogen) atoms. The van der Waals surface area contributed by atoms with E-state index in [1.807, 2.05) is 12.1 Å². The van der Waals surface area contributed by atoms with Gasteiger partial charge in [0.1, 0.15) is 5.76 Å². The maximum atomic E-state index is 12.1. The van der Waals surface area contributed by atoms with Crippen LogP contribution in [0.1, 0.15) is 43.6 Å². The number of likely N-dealkylation sites (tertiary alicyclic amines) is 1. The molecule has 0 aliphatic carbocycles. The number of piperidine rings is 1. The molecule has 3 rings (SSSR count). The summed E-state index contributed by atoms with van der Waals surface area (Å²) in [6.07, 6.45) is 4.07. The van der Waals surface area contributed by atoms with Gasteiger partial charge in [0.2, 0.25) is 5.91 Å². The fraction of sp³-hybridized carbons (Fsp3) is 0.500. The highest BCUT2D eigenvalue weighted by Crippen LogP contribution is 2.23. The van der Waals surface area contributed by atoms with E-state index < -0.39 is 0 Å². The topological polar surface area (TPSA) is 45.5 Å². The summed E-state index contributed by atoms with van der Waals surface area (Å²) < 4.78 is 5.28. The van der Waals surface area contributed by atoms with Crippen molar-refractivity contribution in [2.45, 2.75) is 46.2 Å². The van der Waals surface area contributed by atoms with Gasteiger partial charge in [0, 0.05) is 39.0 Å². The van der Waals surface area contributed by atoms with Gasteiger partial charge >= 0.3 is 0 Å². The number of carbonyl (C=O) groups excluding carboxylic acids is 1. The van der Waals surface area contributed by atoms with Crippen molar-refractivity contribution in [2.75, 3.05) is 13.1 Å². The normalized spacial score (nSPS) is 20.8. The molecule has 1 aromatic carbocycles. The third-order valence-electron chi connectivity index (χ3n) is 5.11. The van der Waals surface area contributed by atoms with Gasteiger partial charge in [0.15, 0.2) is 0 Å². The van der Waals surface area contributed by atoms with Gasteiger partial charge in [0.05, 0.1) is 6.26 Å². The van der Waals surface area contributed by atoms with Crippen molar-refractivity contribution < 1.29 is 9.21 Å². The summed E-state index contributed by atoms with van der Waals surface area (Å²) in [7, 11) is 0. The number of carbonyl (C=O) groups is 1. The molecule has 0 bridgehead atoms. The molecule has 1 saturated heterocycles. The zero-order valence-corrected chi connectivity index (χ0v) is 15.9. The summed E-state index contributed by atoms with van der Waals surface area (Å²) >= 11 is 0. The maximum Gasteiger partial charge on any atom is 0.220 e. The summed E-state index contributed by atoms with van der Waals surface area (Å²) in [5.74, 6) is 2.43. The van der Waals surface area contributed by atoms with Gasteiger partial charge in [-0.1, -0.05) is 38.1 Å². The molecular weight excluding hydrogens is 324 g/mol. The van der Waals surface area contributed by atoms with E-state index in [-0.39, 0.29) is 5.91 Å². The van der Waals surface area contributed by atoms with Gasteiger partial charge in [-0.15, -0.1) is 0 Å². The number of hydrogen-bond acceptors (Lipinski definition) is 3. The second-order valence-electron chi connectivity index (χ2n) is 7.76. The summed E-state index contributed by atoms with van der Waals surface area (Å²) in [4.78, 5) is 14.7. The van der Waals surface area contributed by atoms with Crippen molar-refractivity contribution in [3.05, 3.63) is 59.5 Å². The number of benzene rings is 1. The fourth-order valence-corrected chi connectivity index (χ4v) is 4.02. The van der Waals surface area contributed by atoms with E-state index in [0.717, 1.165) is 37.2 Å². The second-order valence-corrected chi connectivity index (χ2v) is 7.76. The molecule has 0 radical (unpaired) electrons. The van der Waals surface area contributed by atoms with Crippen LogP contribution in [0.5, 0.6) is 0 Å². The van der Waals surface area contributed by atoms with Crippen molar-refractivity contribution in [2.24, 2.45) is 11.8 Å². The highest BCUT2D eigenvalue weighted by molar-refractivity contribution is 5.76. The van der Waals surface area contributed by atoms with Crippen molar-refractivity contribution in [3.63, 3.8) is 0 Å². The van der Waals surface area contributed by atoms with Crippen LogP contribution in [0.4, 0.5) is 0 Å². The Morgan fingerprint density at radius 1 is 1.12 bits per heavy atom. The van der Waals surface area contributed by atoms with Crippen LogP contribution in [0, 0.1) is 11.8 Å². The van der Waals surface area contributed by atoms with Crippen LogP contribution in [-0.2, 0) is 24.3 Å². The standard InChI is InChI=1S/C22H30N2O2/c1-17-12-18(2)15-24(14-17)16-20-7-4-3-6-19(20)13-23-22(25)10-9-21-8-5-11-26-21/h3-8,11,17-18H,9-10,12-16H2,1-2H3,(H,23,25)/t17-,18-/m1/s1. The molecule has 2 aromatic rings. The average Bonchev–Trinajstić information content (AvgIpc) is 3.12. The van der Waals surface area contributed by atoms with Crippen molar-refractivity contribution in [3.8, 4) is 0 Å². The zero-order valence-electron chi connectivity index (χ0n) is 15.9. The van der Waals surface area contributed by atoms with Gasteiger partial charge in [-0.2, -0.15) is 0 Å². The second kappa shape index (κ2) is 9.04. The smallest absolute Gasteiger partial charge is 0.220 e. The predicted molar refractivity (Wildman–Crippen MR) is 104 cm³/mol. The predicted octanol–water partition coefficient (Wildman–Crippen LogP) is 4.01. The van der Waals surface area contributed by atoms with Crippen molar-refractivity contribution in [1.82, 2.24) is 10.2 Å². The molecule has 0 saturated carbocycles. The van der Waals surface area contributed by atoms with Gasteiger partial charge in [-0.25, -0.2) is 0 Å². The van der Waals surface area contributed by atoms with Crippen molar-refractivity contribution >= 4 is 5.91 Å². The molecule has 1 aromatic heterocycles. The van der Waals surface area contributed by atoms with Crippen molar-refractivity contribution in [1.29, 1.82) is 0 Å². The van der Waals surface area contributed by atoms with Crippen LogP contribution in [0.15, 0.2) is 47.1 Å². The fourth-order valence-electron chi connectivity index (χ4n) is 4.02. The molecule has 140 valence electrons. The minimum absolute atomic E-state index is 0.0661. The largest absolute Gasteiger partial charge is 0.469 e. The van der Waals surface area contributed by atoms with Crippen LogP contribution < -0.4 is 5.32 Å². The maximum absolute atomic E-state index is 12.1. The lowest BCUT2D eigenvalue weighted by molar-refractivity contribution is -0.121. The first kappa shape index (κ1) is 18.7. The first-order valence-corrected chi connectivity index (χ1v) is 9.68. The quantitative estimate of drug-likeness (QED) is 0.817. The number of rotatable bonds is 7. The molecule has 2 atom stereocenters. The van der Waals surface area contributed by atoms with E-state index in [4.69, 9.17) is 4.42 Å². The Balaban J connectivity index is 1.52. The van der Waals surface area contributed by atoms with E-state index in [1.165, 1.54) is 17.5 Å². The zero-order chi connectivity index (χ0) is 18.4. The van der Waals surface area contributed by atoms with E-state index in [1.54, 1.807) is 6.26 Å². The van der Waals surface area contributed by atoms with Crippen LogP contribution in [0.3, 0.4) is 0 Å². The highest BCUT2D eigenvalue weighted by atomic mass is 16.3. The van der Waals surface area contributed by atoms with Crippen LogP contribution >= 0.6 is 0 Å². The Morgan fingerprint density at radius 3 is 2.54 bits per heavy atom. The van der Waals surface area contributed by atoms with Gasteiger partial charge in [-0.3, -0.25) is 9.69 Å². The third-order valence-corrected chi connectivity index (χ3v) is 5.11. The minimum Gasteiger partial charge on any atom is -0.469 e. The number of amides is 1. The molecule has 2 heterocycles. The first-order chi connectivity index (χ1) is 12.6. The molecule has 4 nitrogen and oxygen atoms in total. The van der Waals surface area contributed by atoms with Gasteiger partial charge in [0.25, 0.3) is 0 Å². The summed E-state index contributed by atoms with van der Waals surface area (Å²) in [5.41, 5.74) is 2.53. The Kier molecular flexibility index (Phi) is 6.51. The molecular formula is C22H30N2O2. The Bertz CT molecular complexity index is 686. The van der Waals surface area contributed by atoms with Gasteiger partial charge in [-0.05, 0) is 41.5 Å². The number of nitrogens with zero attached hydrogens (tertiary/aromatic N) is 1. The van der Waals surface area contributed by atoms with E-state index in [0.29, 0.717) is 19.4 Å². The van der Waals surface area contributed by atoms with E-state index >= 15 is 0 Å². The third kappa shape index (κ3) is 5.46. The Hall–Kier alpha value is -2.07.